The number of carbonyl (C=O) groups excluding carboxylic acids is 1. The fourth-order valence-electron chi connectivity index (χ4n) is 3.22. The van der Waals surface area contributed by atoms with E-state index in [4.69, 9.17) is 9.78 Å². The second-order valence-electron chi connectivity index (χ2n) is 6.55. The van der Waals surface area contributed by atoms with E-state index in [1.165, 1.54) is 6.42 Å². The van der Waals surface area contributed by atoms with Gasteiger partial charge in [0.15, 0.2) is 0 Å². The molecule has 4 rings (SSSR count). The lowest BCUT2D eigenvalue weighted by molar-refractivity contribution is 0.0724. The van der Waals surface area contributed by atoms with Crippen molar-refractivity contribution in [1.82, 2.24) is 15.0 Å². The molecular formula is C21H18N4O2. The Morgan fingerprint density at radius 2 is 1.81 bits per heavy atom. The number of benzene rings is 2. The molecule has 2 aromatic carbocycles. The number of hydrogen-bond donors (Lipinski definition) is 0. The average molecular weight is 358 g/mol. The number of nitriles is 1. The minimum Gasteiger partial charge on any atom is -0.339 e. The summed E-state index contributed by atoms with van der Waals surface area (Å²) in [4.78, 5) is 19.0. The highest BCUT2D eigenvalue weighted by Gasteiger charge is 2.19. The summed E-state index contributed by atoms with van der Waals surface area (Å²) < 4.78 is 5.36. The van der Waals surface area contributed by atoms with E-state index in [0.29, 0.717) is 22.8 Å². The Kier molecular flexibility index (Phi) is 4.67. The van der Waals surface area contributed by atoms with Gasteiger partial charge >= 0.3 is 0 Å². The van der Waals surface area contributed by atoms with Crippen LogP contribution in [0.1, 0.15) is 35.2 Å². The molecular weight excluding hydrogens is 340 g/mol. The van der Waals surface area contributed by atoms with E-state index in [1.54, 1.807) is 24.3 Å². The van der Waals surface area contributed by atoms with Crippen LogP contribution in [0.4, 0.5) is 0 Å². The third kappa shape index (κ3) is 3.58. The topological polar surface area (TPSA) is 83.0 Å². The number of aromatic nitrogens is 2. The van der Waals surface area contributed by atoms with Crippen LogP contribution in [0, 0.1) is 11.3 Å². The van der Waals surface area contributed by atoms with Crippen LogP contribution in [0.25, 0.3) is 22.8 Å². The van der Waals surface area contributed by atoms with Gasteiger partial charge in [0.25, 0.3) is 11.8 Å². The number of carbonyl (C=O) groups is 1. The van der Waals surface area contributed by atoms with Crippen molar-refractivity contribution in [3.8, 4) is 28.9 Å². The smallest absolute Gasteiger partial charge is 0.258 e. The number of amides is 1. The van der Waals surface area contributed by atoms with Gasteiger partial charge in [-0.25, -0.2) is 0 Å². The molecule has 1 saturated heterocycles. The van der Waals surface area contributed by atoms with Crippen LogP contribution < -0.4 is 0 Å². The average Bonchev–Trinajstić information content (AvgIpc) is 3.24. The van der Waals surface area contributed by atoms with Gasteiger partial charge in [-0.1, -0.05) is 17.3 Å². The molecule has 0 atom stereocenters. The van der Waals surface area contributed by atoms with Gasteiger partial charge in [0.1, 0.15) is 0 Å². The molecule has 6 nitrogen and oxygen atoms in total. The Morgan fingerprint density at radius 3 is 2.56 bits per heavy atom. The van der Waals surface area contributed by atoms with Gasteiger partial charge in [0.05, 0.1) is 11.6 Å². The largest absolute Gasteiger partial charge is 0.339 e. The molecule has 1 amide bonds. The summed E-state index contributed by atoms with van der Waals surface area (Å²) in [5, 5.41) is 12.9. The summed E-state index contributed by atoms with van der Waals surface area (Å²) in [6.45, 7) is 1.63. The SMILES string of the molecule is N#Cc1ccc(-c2nc(-c3cccc(C(=O)N4CCCCC4)c3)no2)cc1. The highest BCUT2D eigenvalue weighted by Crippen LogP contribution is 2.24. The summed E-state index contributed by atoms with van der Waals surface area (Å²) in [5.41, 5.74) is 2.69. The van der Waals surface area contributed by atoms with Gasteiger partial charge in [-0.05, 0) is 55.7 Å². The maximum absolute atomic E-state index is 12.7. The van der Waals surface area contributed by atoms with Crippen LogP contribution >= 0.6 is 0 Å². The predicted octanol–water partition coefficient (Wildman–Crippen LogP) is 3.90. The van der Waals surface area contributed by atoms with Gasteiger partial charge in [-0.15, -0.1) is 0 Å². The van der Waals surface area contributed by atoms with Crippen molar-refractivity contribution in [2.45, 2.75) is 19.3 Å². The Bertz CT molecular complexity index is 996. The molecule has 0 saturated carbocycles. The molecule has 0 spiro atoms. The molecule has 6 heteroatoms. The Morgan fingerprint density at radius 1 is 1.04 bits per heavy atom. The summed E-state index contributed by atoms with van der Waals surface area (Å²) in [6, 6.07) is 16.4. The number of likely N-dealkylation sites (tertiary alicyclic amines) is 1. The molecule has 0 bridgehead atoms. The van der Waals surface area contributed by atoms with Gasteiger partial charge in [0.2, 0.25) is 5.82 Å². The van der Waals surface area contributed by atoms with Crippen LogP contribution in [0.15, 0.2) is 53.1 Å². The number of nitrogens with zero attached hydrogens (tertiary/aromatic N) is 4. The molecule has 0 aliphatic carbocycles. The number of hydrogen-bond acceptors (Lipinski definition) is 5. The fourth-order valence-corrected chi connectivity index (χ4v) is 3.22. The van der Waals surface area contributed by atoms with Gasteiger partial charge in [-0.3, -0.25) is 4.79 Å². The van der Waals surface area contributed by atoms with E-state index in [-0.39, 0.29) is 5.91 Å². The molecule has 27 heavy (non-hydrogen) atoms. The van der Waals surface area contributed by atoms with E-state index in [1.807, 2.05) is 29.2 Å². The quantitative estimate of drug-likeness (QED) is 0.709. The zero-order valence-electron chi connectivity index (χ0n) is 14.8. The van der Waals surface area contributed by atoms with Crippen LogP contribution in [0.5, 0.6) is 0 Å². The first-order chi connectivity index (χ1) is 13.2. The molecule has 2 heterocycles. The van der Waals surface area contributed by atoms with Crippen LogP contribution in [0.3, 0.4) is 0 Å². The minimum absolute atomic E-state index is 0.0485. The highest BCUT2D eigenvalue weighted by molar-refractivity contribution is 5.95. The molecule has 1 aromatic heterocycles. The van der Waals surface area contributed by atoms with Crippen molar-refractivity contribution in [2.24, 2.45) is 0 Å². The van der Waals surface area contributed by atoms with Gasteiger partial charge in [0, 0.05) is 29.8 Å². The molecule has 0 radical (unpaired) electrons. The first kappa shape index (κ1) is 17.0. The van der Waals surface area contributed by atoms with E-state index in [9.17, 15) is 4.79 Å². The number of rotatable bonds is 3. The molecule has 1 fully saturated rings. The number of piperidine rings is 1. The summed E-state index contributed by atoms with van der Waals surface area (Å²) >= 11 is 0. The van der Waals surface area contributed by atoms with Crippen molar-refractivity contribution in [1.29, 1.82) is 5.26 Å². The maximum Gasteiger partial charge on any atom is 0.258 e. The lowest BCUT2D eigenvalue weighted by Gasteiger charge is -2.26. The van der Waals surface area contributed by atoms with E-state index in [2.05, 4.69) is 16.2 Å². The second kappa shape index (κ2) is 7.42. The minimum atomic E-state index is 0.0485. The van der Waals surface area contributed by atoms with E-state index < -0.39 is 0 Å². The normalized spacial score (nSPS) is 14.0. The lowest BCUT2D eigenvalue weighted by atomic mass is 10.1. The molecule has 1 aliphatic rings. The maximum atomic E-state index is 12.7. The summed E-state index contributed by atoms with van der Waals surface area (Å²) in [6.07, 6.45) is 3.30. The van der Waals surface area contributed by atoms with Crippen LogP contribution in [0.2, 0.25) is 0 Å². The zero-order chi connectivity index (χ0) is 18.6. The fraction of sp³-hybridized carbons (Fsp3) is 0.238. The van der Waals surface area contributed by atoms with Crippen molar-refractivity contribution < 1.29 is 9.32 Å². The Balaban J connectivity index is 1.58. The second-order valence-corrected chi connectivity index (χ2v) is 6.55. The van der Waals surface area contributed by atoms with Crippen molar-refractivity contribution >= 4 is 5.91 Å². The van der Waals surface area contributed by atoms with E-state index in [0.717, 1.165) is 37.1 Å². The molecule has 0 N–H and O–H groups in total. The summed E-state index contributed by atoms with van der Waals surface area (Å²) in [7, 11) is 0. The predicted molar refractivity (Wildman–Crippen MR) is 99.6 cm³/mol. The third-order valence-corrected chi connectivity index (χ3v) is 4.70. The lowest BCUT2D eigenvalue weighted by Crippen LogP contribution is -2.35. The standard InChI is InChI=1S/C21H18N4O2/c22-14-15-7-9-16(10-8-15)20-23-19(24-27-20)17-5-4-6-18(13-17)21(26)25-11-2-1-3-12-25/h4-10,13H,1-3,11-12H2. The monoisotopic (exact) mass is 358 g/mol. The Hall–Kier alpha value is -3.46. The van der Waals surface area contributed by atoms with Gasteiger partial charge < -0.3 is 9.42 Å². The van der Waals surface area contributed by atoms with Crippen LogP contribution in [-0.2, 0) is 0 Å². The van der Waals surface area contributed by atoms with Crippen LogP contribution in [-0.4, -0.2) is 34.0 Å². The third-order valence-electron chi connectivity index (χ3n) is 4.70. The van der Waals surface area contributed by atoms with Gasteiger partial charge in [-0.2, -0.15) is 10.2 Å². The van der Waals surface area contributed by atoms with E-state index >= 15 is 0 Å². The molecule has 0 unspecified atom stereocenters. The zero-order valence-corrected chi connectivity index (χ0v) is 14.8. The van der Waals surface area contributed by atoms with Crippen molar-refractivity contribution in [3.05, 3.63) is 59.7 Å². The van der Waals surface area contributed by atoms with Crippen molar-refractivity contribution in [3.63, 3.8) is 0 Å². The first-order valence-electron chi connectivity index (χ1n) is 8.98. The highest BCUT2D eigenvalue weighted by atomic mass is 16.5. The summed E-state index contributed by atoms with van der Waals surface area (Å²) in [5.74, 6) is 0.859. The molecule has 3 aromatic rings. The van der Waals surface area contributed by atoms with Crippen molar-refractivity contribution in [2.75, 3.05) is 13.1 Å². The Labute approximate surface area is 157 Å². The first-order valence-corrected chi connectivity index (χ1v) is 8.98. The molecule has 134 valence electrons. The molecule has 1 aliphatic heterocycles.